The van der Waals surface area contributed by atoms with Gasteiger partial charge in [-0.3, -0.25) is 0 Å². The Labute approximate surface area is 241 Å². The molecule has 0 fully saturated rings. The Hall–Kier alpha value is 1.53. The molecule has 0 saturated heterocycles. The first-order chi connectivity index (χ1) is 15.3. The van der Waals surface area contributed by atoms with Gasteiger partial charge in [0.25, 0.3) is 0 Å². The van der Waals surface area contributed by atoms with Gasteiger partial charge >= 0.3 is 62.5 Å². The summed E-state index contributed by atoms with van der Waals surface area (Å²) in [5, 5.41) is 0. The molecule has 0 aliphatic rings. The molecule has 0 unspecified atom stereocenters. The normalized spacial score (nSPS) is 10.5. The summed E-state index contributed by atoms with van der Waals surface area (Å²) in [7, 11) is -1.45. The molecule has 4 radical (unpaired) electrons. The number of hydrogen-bond acceptors (Lipinski definition) is 5. The van der Waals surface area contributed by atoms with E-state index >= 15 is 0 Å². The SMILES string of the molecule is CCCCCCCCOB(OCCCCCCCC)OB(OCCCC)OCCCC.[SnH2].[SnH2]. The van der Waals surface area contributed by atoms with Crippen molar-refractivity contribution in [2.45, 2.75) is 130 Å². The summed E-state index contributed by atoms with van der Waals surface area (Å²) in [4.78, 5) is 0. The Morgan fingerprint density at radius 3 is 0.970 bits per heavy atom. The van der Waals surface area contributed by atoms with E-state index in [1.807, 2.05) is 0 Å². The van der Waals surface area contributed by atoms with Gasteiger partial charge in [-0.25, -0.2) is 0 Å². The summed E-state index contributed by atoms with van der Waals surface area (Å²) in [6.07, 6.45) is 18.9. The first-order valence-electron chi connectivity index (χ1n) is 13.4. The average Bonchev–Trinajstić information content (AvgIpc) is 2.77. The molecule has 0 rings (SSSR count). The predicted octanol–water partition coefficient (Wildman–Crippen LogP) is 5.53. The monoisotopic (exact) mass is 686 g/mol. The third kappa shape index (κ3) is 29.6. The molecule has 0 spiro atoms. The summed E-state index contributed by atoms with van der Waals surface area (Å²) in [6.45, 7) is 11.3. The van der Waals surface area contributed by atoms with E-state index in [9.17, 15) is 0 Å². The standard InChI is InChI=1S/C24H52B2O5.2Sn.4H/c1-5-9-13-15-17-19-23-29-26(30-24-20-18-16-14-10-6-2)31-25(27-21-11-7-3)28-22-12-8-4;;;;;;/h5-24H2,1-4H3;;;;;;. The topological polar surface area (TPSA) is 46.2 Å². The van der Waals surface area contributed by atoms with Crippen molar-refractivity contribution in [3.8, 4) is 0 Å². The molecule has 0 aromatic heterocycles. The van der Waals surface area contributed by atoms with Crippen LogP contribution in [0.25, 0.3) is 0 Å². The fourth-order valence-electron chi connectivity index (χ4n) is 3.12. The van der Waals surface area contributed by atoms with Gasteiger partial charge in [0.15, 0.2) is 0 Å². The van der Waals surface area contributed by atoms with Crippen LogP contribution in [0.1, 0.15) is 130 Å². The summed E-state index contributed by atoms with van der Waals surface area (Å²) in [5.41, 5.74) is 0. The average molecular weight is 684 g/mol. The van der Waals surface area contributed by atoms with Gasteiger partial charge in [-0.05, 0) is 25.7 Å². The second-order valence-corrected chi connectivity index (χ2v) is 8.44. The van der Waals surface area contributed by atoms with Crippen molar-refractivity contribution in [1.29, 1.82) is 0 Å². The van der Waals surface area contributed by atoms with Crippen molar-refractivity contribution in [1.82, 2.24) is 0 Å². The van der Waals surface area contributed by atoms with E-state index in [1.165, 1.54) is 64.2 Å². The van der Waals surface area contributed by atoms with E-state index in [-0.39, 0.29) is 47.8 Å². The number of unbranched alkanes of at least 4 members (excludes halogenated alkanes) is 12. The van der Waals surface area contributed by atoms with Crippen LogP contribution in [-0.4, -0.2) is 88.9 Å². The minimum atomic E-state index is -0.725. The Balaban J connectivity index is -0.00000450. The van der Waals surface area contributed by atoms with Crippen molar-refractivity contribution >= 4 is 62.5 Å². The van der Waals surface area contributed by atoms with Gasteiger partial charge in [-0.2, -0.15) is 0 Å². The number of rotatable bonds is 26. The number of hydrogen-bond donors (Lipinski definition) is 0. The molecule has 0 aliphatic heterocycles. The second kappa shape index (κ2) is 33.5. The van der Waals surface area contributed by atoms with Crippen LogP contribution in [0.3, 0.4) is 0 Å². The zero-order valence-corrected chi connectivity index (χ0v) is 30.8. The van der Waals surface area contributed by atoms with Crippen molar-refractivity contribution in [3.63, 3.8) is 0 Å². The molecular formula is C24H56B2O5Sn2. The van der Waals surface area contributed by atoms with Crippen LogP contribution in [0.5, 0.6) is 0 Å². The molecule has 0 heterocycles. The Morgan fingerprint density at radius 2 is 0.636 bits per heavy atom. The minimum absolute atomic E-state index is 0. The first kappa shape index (κ1) is 39.0. The van der Waals surface area contributed by atoms with Crippen LogP contribution < -0.4 is 0 Å². The Kier molecular flexibility index (Phi) is 39.7. The summed E-state index contributed by atoms with van der Waals surface area (Å²) >= 11 is 0. The van der Waals surface area contributed by atoms with Crippen LogP contribution >= 0.6 is 0 Å². The zero-order chi connectivity index (χ0) is 22.8. The van der Waals surface area contributed by atoms with Gasteiger partial charge < -0.3 is 23.2 Å². The van der Waals surface area contributed by atoms with Crippen LogP contribution in [0, 0.1) is 0 Å². The van der Waals surface area contributed by atoms with E-state index in [0.717, 1.165) is 38.5 Å². The fraction of sp³-hybridized carbons (Fsp3) is 1.00. The second-order valence-electron chi connectivity index (χ2n) is 8.44. The van der Waals surface area contributed by atoms with Crippen LogP contribution in [0.4, 0.5) is 0 Å². The van der Waals surface area contributed by atoms with Crippen molar-refractivity contribution in [2.75, 3.05) is 26.4 Å². The third-order valence-electron chi connectivity index (χ3n) is 5.23. The Bertz CT molecular complexity index is 320. The molecule has 0 aromatic rings. The molecule has 33 heavy (non-hydrogen) atoms. The van der Waals surface area contributed by atoms with Gasteiger partial charge in [-0.15, -0.1) is 0 Å². The zero-order valence-electron chi connectivity index (χ0n) is 22.8. The molecular weight excluding hydrogens is 627 g/mol. The molecule has 9 heteroatoms. The van der Waals surface area contributed by atoms with E-state index in [4.69, 9.17) is 23.2 Å². The van der Waals surface area contributed by atoms with Gasteiger partial charge in [0.1, 0.15) is 0 Å². The van der Waals surface area contributed by atoms with Crippen molar-refractivity contribution < 1.29 is 23.2 Å². The molecule has 0 bridgehead atoms. The van der Waals surface area contributed by atoms with Gasteiger partial charge in [0, 0.05) is 26.4 Å². The van der Waals surface area contributed by atoms with Gasteiger partial charge in [0.2, 0.25) is 0 Å². The van der Waals surface area contributed by atoms with Crippen molar-refractivity contribution in [2.24, 2.45) is 0 Å². The van der Waals surface area contributed by atoms with E-state index < -0.39 is 14.6 Å². The molecule has 0 N–H and O–H groups in total. The molecule has 0 saturated carbocycles. The van der Waals surface area contributed by atoms with Crippen molar-refractivity contribution in [3.05, 3.63) is 0 Å². The van der Waals surface area contributed by atoms with E-state index in [0.29, 0.717) is 26.4 Å². The quantitative estimate of drug-likeness (QED) is 0.0888. The first-order valence-corrected chi connectivity index (χ1v) is 13.4. The van der Waals surface area contributed by atoms with E-state index in [2.05, 4.69) is 27.7 Å². The third-order valence-corrected chi connectivity index (χ3v) is 5.23. The van der Waals surface area contributed by atoms with Crippen LogP contribution in [-0.2, 0) is 23.2 Å². The molecule has 196 valence electrons. The molecule has 0 atom stereocenters. The van der Waals surface area contributed by atoms with Crippen LogP contribution in [0.2, 0.25) is 0 Å². The van der Waals surface area contributed by atoms with Crippen LogP contribution in [0.15, 0.2) is 0 Å². The molecule has 0 aliphatic carbocycles. The predicted molar refractivity (Wildman–Crippen MR) is 150 cm³/mol. The summed E-state index contributed by atoms with van der Waals surface area (Å²) < 4.78 is 29.4. The summed E-state index contributed by atoms with van der Waals surface area (Å²) in [5.74, 6) is 0. The Morgan fingerprint density at radius 1 is 0.364 bits per heavy atom. The van der Waals surface area contributed by atoms with Gasteiger partial charge in [-0.1, -0.05) is 105 Å². The maximum atomic E-state index is 5.95. The van der Waals surface area contributed by atoms with E-state index in [1.54, 1.807) is 0 Å². The molecule has 0 aromatic carbocycles. The fourth-order valence-corrected chi connectivity index (χ4v) is 3.12. The summed E-state index contributed by atoms with van der Waals surface area (Å²) in [6, 6.07) is 0. The molecule has 5 nitrogen and oxygen atoms in total. The molecule has 0 amide bonds. The van der Waals surface area contributed by atoms with Gasteiger partial charge in [0.05, 0.1) is 0 Å². The maximum absolute atomic E-state index is 5.95.